The van der Waals surface area contributed by atoms with E-state index >= 15 is 0 Å². The van der Waals surface area contributed by atoms with E-state index in [1.807, 2.05) is 25.2 Å². The molecule has 1 saturated carbocycles. The summed E-state index contributed by atoms with van der Waals surface area (Å²) in [5, 5.41) is 12.5. The molecule has 1 fully saturated rings. The Morgan fingerprint density at radius 3 is 3.00 bits per heavy atom. The maximum Gasteiger partial charge on any atom is 0.119 e. The van der Waals surface area contributed by atoms with Crippen molar-refractivity contribution in [3.63, 3.8) is 0 Å². The van der Waals surface area contributed by atoms with Crippen LogP contribution in [0.4, 0.5) is 0 Å². The van der Waals surface area contributed by atoms with E-state index in [0.29, 0.717) is 0 Å². The van der Waals surface area contributed by atoms with Gasteiger partial charge in [0.05, 0.1) is 6.07 Å². The van der Waals surface area contributed by atoms with E-state index in [1.165, 1.54) is 5.56 Å². The van der Waals surface area contributed by atoms with E-state index in [-0.39, 0.29) is 6.10 Å². The largest absolute Gasteiger partial charge is 0.490 e. The second-order valence-corrected chi connectivity index (χ2v) is 5.10. The molecule has 3 heteroatoms. The Labute approximate surface area is 109 Å². The van der Waals surface area contributed by atoms with Crippen molar-refractivity contribution in [2.24, 2.45) is 0 Å². The number of hydrogen-bond acceptors (Lipinski definition) is 3. The molecular formula is C15H20N2O. The van der Waals surface area contributed by atoms with Crippen LogP contribution < -0.4 is 10.1 Å². The van der Waals surface area contributed by atoms with Gasteiger partial charge < -0.3 is 10.1 Å². The molecule has 0 amide bonds. The highest BCUT2D eigenvalue weighted by Gasteiger charge is 2.36. The molecule has 96 valence electrons. The van der Waals surface area contributed by atoms with Crippen molar-refractivity contribution >= 4 is 0 Å². The van der Waals surface area contributed by atoms with E-state index in [1.54, 1.807) is 0 Å². The van der Waals surface area contributed by atoms with Gasteiger partial charge in [-0.2, -0.15) is 5.26 Å². The Morgan fingerprint density at radius 1 is 1.50 bits per heavy atom. The summed E-state index contributed by atoms with van der Waals surface area (Å²) < 4.78 is 6.00. The highest BCUT2D eigenvalue weighted by molar-refractivity contribution is 5.27. The predicted molar refractivity (Wildman–Crippen MR) is 71.5 cm³/mol. The molecule has 0 saturated heterocycles. The first kappa shape index (κ1) is 12.9. The maximum absolute atomic E-state index is 9.30. The van der Waals surface area contributed by atoms with E-state index in [2.05, 4.69) is 24.4 Å². The number of hydrogen-bond donors (Lipinski definition) is 1. The van der Waals surface area contributed by atoms with Crippen LogP contribution in [0.2, 0.25) is 0 Å². The molecule has 1 aliphatic carbocycles. The minimum atomic E-state index is -0.410. The lowest BCUT2D eigenvalue weighted by Gasteiger charge is -2.35. The number of benzene rings is 1. The summed E-state index contributed by atoms with van der Waals surface area (Å²) in [5.74, 6) is 0.907. The fraction of sp³-hybridized carbons (Fsp3) is 0.533. The van der Waals surface area contributed by atoms with E-state index < -0.39 is 5.54 Å². The van der Waals surface area contributed by atoms with Crippen molar-refractivity contribution < 1.29 is 4.74 Å². The third kappa shape index (κ3) is 2.83. The molecule has 2 rings (SSSR count). The summed E-state index contributed by atoms with van der Waals surface area (Å²) >= 11 is 0. The Hall–Kier alpha value is -1.53. The molecule has 1 aromatic rings. The monoisotopic (exact) mass is 244 g/mol. The van der Waals surface area contributed by atoms with Gasteiger partial charge in [-0.1, -0.05) is 12.1 Å². The van der Waals surface area contributed by atoms with Crippen molar-refractivity contribution in [3.8, 4) is 11.8 Å². The molecule has 0 heterocycles. The highest BCUT2D eigenvalue weighted by atomic mass is 16.5. The Balaban J connectivity index is 2.04. The molecule has 0 spiro atoms. The highest BCUT2D eigenvalue weighted by Crippen LogP contribution is 2.30. The first-order valence-electron chi connectivity index (χ1n) is 6.51. The van der Waals surface area contributed by atoms with Gasteiger partial charge in [-0.3, -0.25) is 0 Å². The minimum Gasteiger partial charge on any atom is -0.490 e. The zero-order valence-corrected chi connectivity index (χ0v) is 11.1. The number of nitriles is 1. The molecule has 0 bridgehead atoms. The normalized spacial score (nSPS) is 27.5. The van der Waals surface area contributed by atoms with Crippen molar-refractivity contribution in [1.29, 1.82) is 5.26 Å². The Bertz CT molecular complexity index is 452. The Kier molecular flexibility index (Phi) is 3.88. The number of aryl methyl sites for hydroxylation is 1. The average Bonchev–Trinajstić information content (AvgIpc) is 2.39. The SMILES string of the molecule is CNC1(C#N)CCCC(Oc2cccc(C)c2)C1. The van der Waals surface area contributed by atoms with Crippen molar-refractivity contribution in [1.82, 2.24) is 5.32 Å². The summed E-state index contributed by atoms with van der Waals surface area (Å²) in [6.45, 7) is 2.06. The van der Waals surface area contributed by atoms with Crippen LogP contribution in [0.25, 0.3) is 0 Å². The third-order valence-electron chi connectivity index (χ3n) is 3.69. The minimum absolute atomic E-state index is 0.132. The molecule has 0 aliphatic heterocycles. The van der Waals surface area contributed by atoms with E-state index in [9.17, 15) is 5.26 Å². The van der Waals surface area contributed by atoms with Crippen LogP contribution in [0.1, 0.15) is 31.2 Å². The molecule has 2 unspecified atom stereocenters. The molecule has 0 radical (unpaired) electrons. The summed E-state index contributed by atoms with van der Waals surface area (Å²) in [6.07, 6.45) is 3.86. The molecule has 1 aromatic carbocycles. The molecule has 2 atom stereocenters. The van der Waals surface area contributed by atoms with Crippen LogP contribution >= 0.6 is 0 Å². The van der Waals surface area contributed by atoms with Crippen LogP contribution in [0.3, 0.4) is 0 Å². The fourth-order valence-corrected chi connectivity index (χ4v) is 2.59. The quantitative estimate of drug-likeness (QED) is 0.889. The van der Waals surface area contributed by atoms with Crippen molar-refractivity contribution in [2.45, 2.75) is 44.2 Å². The number of nitrogens with zero attached hydrogens (tertiary/aromatic N) is 1. The molecule has 0 aromatic heterocycles. The number of rotatable bonds is 3. The first-order chi connectivity index (χ1) is 8.67. The smallest absolute Gasteiger partial charge is 0.119 e. The van der Waals surface area contributed by atoms with Crippen LogP contribution in [0.15, 0.2) is 24.3 Å². The van der Waals surface area contributed by atoms with Crippen molar-refractivity contribution in [3.05, 3.63) is 29.8 Å². The predicted octanol–water partition coefficient (Wildman–Crippen LogP) is 2.80. The van der Waals surface area contributed by atoms with Crippen molar-refractivity contribution in [2.75, 3.05) is 7.05 Å². The van der Waals surface area contributed by atoms with Gasteiger partial charge in [0, 0.05) is 6.42 Å². The second kappa shape index (κ2) is 5.41. The topological polar surface area (TPSA) is 45.0 Å². The summed E-state index contributed by atoms with van der Waals surface area (Å²) in [6, 6.07) is 10.5. The zero-order chi connectivity index (χ0) is 13.0. The van der Waals surface area contributed by atoms with Gasteiger partial charge >= 0.3 is 0 Å². The second-order valence-electron chi connectivity index (χ2n) is 5.10. The van der Waals surface area contributed by atoms with E-state index in [0.717, 1.165) is 31.4 Å². The van der Waals surface area contributed by atoms with Gasteiger partial charge in [0.15, 0.2) is 0 Å². The molecule has 1 N–H and O–H groups in total. The van der Waals surface area contributed by atoms with Gasteiger partial charge in [-0.05, 0) is 50.9 Å². The van der Waals surface area contributed by atoms with E-state index in [4.69, 9.17) is 4.74 Å². The van der Waals surface area contributed by atoms with Gasteiger partial charge in [0.25, 0.3) is 0 Å². The van der Waals surface area contributed by atoms with Gasteiger partial charge in [0.1, 0.15) is 17.4 Å². The molecule has 18 heavy (non-hydrogen) atoms. The lowest BCUT2D eigenvalue weighted by Crippen LogP contribution is -2.48. The Morgan fingerprint density at radius 2 is 2.33 bits per heavy atom. The lowest BCUT2D eigenvalue weighted by atomic mass is 9.81. The summed E-state index contributed by atoms with van der Waals surface area (Å²) in [5.41, 5.74) is 0.788. The van der Waals surface area contributed by atoms with Gasteiger partial charge in [-0.25, -0.2) is 0 Å². The van der Waals surface area contributed by atoms with Gasteiger partial charge in [-0.15, -0.1) is 0 Å². The lowest BCUT2D eigenvalue weighted by molar-refractivity contribution is 0.116. The summed E-state index contributed by atoms with van der Waals surface area (Å²) in [4.78, 5) is 0. The number of ether oxygens (including phenoxy) is 1. The first-order valence-corrected chi connectivity index (χ1v) is 6.51. The van der Waals surface area contributed by atoms with Crippen LogP contribution in [-0.4, -0.2) is 18.7 Å². The van der Waals surface area contributed by atoms with Crippen LogP contribution in [-0.2, 0) is 0 Å². The standard InChI is InChI=1S/C15H20N2O/c1-12-5-3-6-13(9-12)18-14-7-4-8-15(10-14,11-16)17-2/h3,5-6,9,14,17H,4,7-8,10H2,1-2H3. The average molecular weight is 244 g/mol. The van der Waals surface area contributed by atoms with Crippen LogP contribution in [0, 0.1) is 18.3 Å². The fourth-order valence-electron chi connectivity index (χ4n) is 2.59. The molecule has 1 aliphatic rings. The molecular weight excluding hydrogens is 224 g/mol. The third-order valence-corrected chi connectivity index (χ3v) is 3.69. The summed E-state index contributed by atoms with van der Waals surface area (Å²) in [7, 11) is 1.86. The van der Waals surface area contributed by atoms with Crippen LogP contribution in [0.5, 0.6) is 5.75 Å². The zero-order valence-electron chi connectivity index (χ0n) is 11.1. The van der Waals surface area contributed by atoms with Gasteiger partial charge in [0.2, 0.25) is 0 Å². The molecule has 3 nitrogen and oxygen atoms in total. The maximum atomic E-state index is 9.30. The number of nitrogens with one attached hydrogen (secondary N) is 1.